The smallest absolute Gasteiger partial charge is 0.302 e. The van der Waals surface area contributed by atoms with Crippen LogP contribution in [0.3, 0.4) is 0 Å². The second-order valence-corrected chi connectivity index (χ2v) is 7.21. The van der Waals surface area contributed by atoms with E-state index in [1.807, 2.05) is 13.8 Å². The van der Waals surface area contributed by atoms with Gasteiger partial charge in [0.1, 0.15) is 0 Å². The number of aliphatic hydroxyl groups is 2. The summed E-state index contributed by atoms with van der Waals surface area (Å²) in [5.41, 5.74) is 0.0221. The highest BCUT2D eigenvalue weighted by Gasteiger charge is 2.50. The van der Waals surface area contributed by atoms with E-state index in [4.69, 9.17) is 9.84 Å². The molecule has 4 heteroatoms. The van der Waals surface area contributed by atoms with E-state index in [2.05, 4.69) is 19.9 Å². The van der Waals surface area contributed by atoms with Gasteiger partial charge >= 0.3 is 5.97 Å². The maximum absolute atomic E-state index is 11.1. The number of esters is 1. The minimum absolute atomic E-state index is 0.0851. The summed E-state index contributed by atoms with van der Waals surface area (Å²) < 4.78 is 5.19. The topological polar surface area (TPSA) is 66.8 Å². The molecule has 2 N–H and O–H groups in total. The van der Waals surface area contributed by atoms with Crippen LogP contribution in [0.4, 0.5) is 0 Å². The minimum Gasteiger partial charge on any atom is -0.465 e. The zero-order chi connectivity index (χ0) is 16.3. The summed E-state index contributed by atoms with van der Waals surface area (Å²) >= 11 is 0. The van der Waals surface area contributed by atoms with Gasteiger partial charge in [-0.25, -0.2) is 0 Å². The number of carbonyl (C=O) groups excluding carboxylic acids is 1. The Morgan fingerprint density at radius 3 is 2.48 bits per heavy atom. The molecule has 0 heterocycles. The van der Waals surface area contributed by atoms with Gasteiger partial charge in [0.2, 0.25) is 0 Å². The third kappa shape index (κ3) is 4.55. The van der Waals surface area contributed by atoms with E-state index in [-0.39, 0.29) is 30.5 Å². The largest absolute Gasteiger partial charge is 0.465 e. The van der Waals surface area contributed by atoms with E-state index in [1.165, 1.54) is 6.92 Å². The maximum Gasteiger partial charge on any atom is 0.302 e. The van der Waals surface area contributed by atoms with Crippen LogP contribution in [0.25, 0.3) is 0 Å². The number of allylic oxidation sites excluding steroid dienone is 1. The molecule has 0 unspecified atom stereocenters. The van der Waals surface area contributed by atoms with E-state index in [1.54, 1.807) is 0 Å². The van der Waals surface area contributed by atoms with Crippen LogP contribution in [0.1, 0.15) is 53.9 Å². The van der Waals surface area contributed by atoms with E-state index < -0.39 is 5.60 Å². The first kappa shape index (κ1) is 18.2. The Hall–Kier alpha value is -0.870. The number of ether oxygens (including phenoxy) is 1. The highest BCUT2D eigenvalue weighted by atomic mass is 16.5. The van der Waals surface area contributed by atoms with Crippen molar-refractivity contribution in [2.24, 2.45) is 17.3 Å². The average molecular weight is 298 g/mol. The van der Waals surface area contributed by atoms with Crippen LogP contribution in [0.5, 0.6) is 0 Å². The Bertz CT molecular complexity index is 396. The van der Waals surface area contributed by atoms with Gasteiger partial charge in [0, 0.05) is 12.8 Å². The highest BCUT2D eigenvalue weighted by Crippen LogP contribution is 2.51. The molecule has 21 heavy (non-hydrogen) atoms. The van der Waals surface area contributed by atoms with Crippen molar-refractivity contribution in [2.45, 2.75) is 59.5 Å². The Kier molecular flexibility index (Phi) is 6.00. The predicted molar refractivity (Wildman–Crippen MR) is 82.7 cm³/mol. The second kappa shape index (κ2) is 6.93. The van der Waals surface area contributed by atoms with Crippen molar-refractivity contribution in [2.75, 3.05) is 13.2 Å². The number of hydrogen-bond acceptors (Lipinski definition) is 4. The zero-order valence-corrected chi connectivity index (χ0v) is 14.0. The van der Waals surface area contributed by atoms with Crippen molar-refractivity contribution in [3.05, 3.63) is 11.6 Å². The third-order valence-corrected chi connectivity index (χ3v) is 5.15. The molecule has 0 saturated heterocycles. The third-order valence-electron chi connectivity index (χ3n) is 5.15. The van der Waals surface area contributed by atoms with E-state index in [0.29, 0.717) is 12.3 Å². The van der Waals surface area contributed by atoms with E-state index in [9.17, 15) is 9.90 Å². The van der Waals surface area contributed by atoms with Gasteiger partial charge in [-0.05, 0) is 44.4 Å². The molecule has 0 amide bonds. The molecule has 0 radical (unpaired) electrons. The summed E-state index contributed by atoms with van der Waals surface area (Å²) in [5, 5.41) is 19.8. The first-order valence-corrected chi connectivity index (χ1v) is 7.73. The van der Waals surface area contributed by atoms with Crippen LogP contribution in [-0.4, -0.2) is 35.0 Å². The van der Waals surface area contributed by atoms with Gasteiger partial charge in [-0.15, -0.1) is 0 Å². The van der Waals surface area contributed by atoms with Crippen molar-refractivity contribution < 1.29 is 19.7 Å². The standard InChI is InChI=1S/C17H30O4/c1-12(10-18)6-7-14-8-9-17(5,20)15(16(14,3)4)11-21-13(2)19/h6,14-15,18,20H,7-11H2,1-5H3/b12-6+/t14-,15-,17-/m0/s1. The molecule has 1 aliphatic carbocycles. The van der Waals surface area contributed by atoms with Crippen LogP contribution in [0, 0.1) is 17.3 Å². The van der Waals surface area contributed by atoms with Gasteiger partial charge in [0.05, 0.1) is 18.8 Å². The Labute approximate surface area is 128 Å². The molecular weight excluding hydrogens is 268 g/mol. The fourth-order valence-corrected chi connectivity index (χ4v) is 3.52. The summed E-state index contributed by atoms with van der Waals surface area (Å²) in [7, 11) is 0. The fraction of sp³-hybridized carbons (Fsp3) is 0.824. The first-order valence-electron chi connectivity index (χ1n) is 7.73. The molecular formula is C17H30O4. The SMILES string of the molecule is CC(=O)OC[C@H]1C(C)(C)[C@@H](C/C=C(\C)CO)CC[C@]1(C)O. The van der Waals surface area contributed by atoms with Crippen molar-refractivity contribution in [1.82, 2.24) is 0 Å². The molecule has 1 rings (SSSR count). The quantitative estimate of drug-likeness (QED) is 0.605. The van der Waals surface area contributed by atoms with E-state index in [0.717, 1.165) is 18.4 Å². The van der Waals surface area contributed by atoms with E-state index >= 15 is 0 Å². The molecule has 1 aliphatic rings. The molecule has 0 spiro atoms. The Morgan fingerprint density at radius 2 is 1.95 bits per heavy atom. The maximum atomic E-state index is 11.1. The van der Waals surface area contributed by atoms with Crippen molar-refractivity contribution in [3.63, 3.8) is 0 Å². The molecule has 1 fully saturated rings. The normalized spacial score (nSPS) is 32.8. The molecule has 1 saturated carbocycles. The van der Waals surface area contributed by atoms with Crippen molar-refractivity contribution in [3.8, 4) is 0 Å². The summed E-state index contributed by atoms with van der Waals surface area (Å²) in [6.07, 6.45) is 4.60. The molecule has 0 bridgehead atoms. The monoisotopic (exact) mass is 298 g/mol. The second-order valence-electron chi connectivity index (χ2n) is 7.21. The van der Waals surface area contributed by atoms with Crippen molar-refractivity contribution >= 4 is 5.97 Å². The fourth-order valence-electron chi connectivity index (χ4n) is 3.52. The first-order chi connectivity index (χ1) is 9.61. The van der Waals surface area contributed by atoms with Crippen molar-refractivity contribution in [1.29, 1.82) is 0 Å². The number of hydrogen-bond donors (Lipinski definition) is 2. The van der Waals surface area contributed by atoms with Crippen LogP contribution >= 0.6 is 0 Å². The van der Waals surface area contributed by atoms with Gasteiger partial charge < -0.3 is 14.9 Å². The lowest BCUT2D eigenvalue weighted by Crippen LogP contribution is -2.53. The summed E-state index contributed by atoms with van der Waals surface area (Å²) in [4.78, 5) is 11.1. The lowest BCUT2D eigenvalue weighted by atomic mass is 9.56. The van der Waals surface area contributed by atoms with Gasteiger partial charge in [0.25, 0.3) is 0 Å². The zero-order valence-electron chi connectivity index (χ0n) is 14.0. The molecule has 0 aromatic heterocycles. The molecule has 4 nitrogen and oxygen atoms in total. The van der Waals surface area contributed by atoms with Gasteiger partial charge in [-0.1, -0.05) is 25.5 Å². The number of rotatable bonds is 5. The Morgan fingerprint density at radius 1 is 1.33 bits per heavy atom. The average Bonchev–Trinajstić information content (AvgIpc) is 2.35. The highest BCUT2D eigenvalue weighted by molar-refractivity contribution is 5.65. The van der Waals surface area contributed by atoms with Gasteiger partial charge in [0.15, 0.2) is 0 Å². The van der Waals surface area contributed by atoms with Crippen LogP contribution in [0.15, 0.2) is 11.6 Å². The molecule has 0 aliphatic heterocycles. The van der Waals surface area contributed by atoms with Crippen LogP contribution in [0.2, 0.25) is 0 Å². The summed E-state index contributed by atoms with van der Waals surface area (Å²) in [5.74, 6) is 0.00927. The minimum atomic E-state index is -0.814. The predicted octanol–water partition coefficient (Wildman–Crippen LogP) is 2.68. The number of aliphatic hydroxyl groups excluding tert-OH is 1. The van der Waals surface area contributed by atoms with Crippen LogP contribution in [-0.2, 0) is 9.53 Å². The lowest BCUT2D eigenvalue weighted by Gasteiger charge is -2.52. The van der Waals surface area contributed by atoms with Crippen LogP contribution < -0.4 is 0 Å². The Balaban J connectivity index is 2.88. The molecule has 3 atom stereocenters. The molecule has 0 aromatic carbocycles. The van der Waals surface area contributed by atoms with Gasteiger partial charge in [-0.3, -0.25) is 4.79 Å². The number of carbonyl (C=O) groups is 1. The molecule has 0 aromatic rings. The van der Waals surface area contributed by atoms with Gasteiger partial charge in [-0.2, -0.15) is 0 Å². The molecule has 122 valence electrons. The summed E-state index contributed by atoms with van der Waals surface area (Å²) in [6.45, 7) is 9.78. The summed E-state index contributed by atoms with van der Waals surface area (Å²) in [6, 6.07) is 0. The lowest BCUT2D eigenvalue weighted by molar-refractivity contribution is -0.161.